The van der Waals surface area contributed by atoms with Crippen LogP contribution in [0.1, 0.15) is 58.8 Å². The van der Waals surface area contributed by atoms with Gasteiger partial charge in [-0.25, -0.2) is 0 Å². The summed E-state index contributed by atoms with van der Waals surface area (Å²) in [4.78, 5) is 12.0. The maximum Gasteiger partial charge on any atom is 0.179 e. The van der Waals surface area contributed by atoms with E-state index in [9.17, 15) is 4.79 Å². The summed E-state index contributed by atoms with van der Waals surface area (Å²) in [5.41, 5.74) is 0. The molecule has 4 atom stereocenters. The van der Waals surface area contributed by atoms with Gasteiger partial charge in [-0.05, 0) is 44.9 Å². The monoisotopic (exact) mass is 320 g/mol. The first-order valence-electron chi connectivity index (χ1n) is 8.06. The Hall–Kier alpha value is 0.210. The zero-order valence-electron chi connectivity index (χ0n) is 12.5. The van der Waals surface area contributed by atoms with E-state index in [0.29, 0.717) is 12.0 Å². The molecule has 20 heavy (non-hydrogen) atoms. The summed E-state index contributed by atoms with van der Waals surface area (Å²) in [6, 6.07) is 0. The molecule has 0 aromatic rings. The van der Waals surface area contributed by atoms with E-state index >= 15 is 0 Å². The van der Waals surface area contributed by atoms with E-state index in [-0.39, 0.29) is 17.6 Å². The van der Waals surface area contributed by atoms with E-state index in [0.717, 1.165) is 38.7 Å². The van der Waals surface area contributed by atoms with E-state index in [2.05, 4.69) is 6.92 Å². The lowest BCUT2D eigenvalue weighted by Crippen LogP contribution is -2.55. The minimum Gasteiger partial charge on any atom is -0.379 e. The van der Waals surface area contributed by atoms with Crippen LogP contribution in [0, 0.1) is 17.8 Å². The lowest BCUT2D eigenvalue weighted by Gasteiger charge is -2.43. The van der Waals surface area contributed by atoms with Crippen LogP contribution in [0.2, 0.25) is 0 Å². The molecule has 2 nitrogen and oxygen atoms in total. The molecular weight excluding hydrogens is 295 g/mol. The number of Topliss-reactive ketones (excluding diaryl/α,β-unsaturated/α-hetero) is 1. The summed E-state index contributed by atoms with van der Waals surface area (Å²) in [6.45, 7) is 5.02. The molecule has 0 aromatic carbocycles. The van der Waals surface area contributed by atoms with Crippen molar-refractivity contribution >= 4 is 29.0 Å². The third kappa shape index (κ3) is 3.18. The Morgan fingerprint density at radius 3 is 2.70 bits per heavy atom. The van der Waals surface area contributed by atoms with E-state index in [1.807, 2.05) is 6.92 Å². The Morgan fingerprint density at radius 1 is 1.30 bits per heavy atom. The van der Waals surface area contributed by atoms with Crippen LogP contribution in [0.15, 0.2) is 0 Å². The first-order valence-corrected chi connectivity index (χ1v) is 8.81. The normalized spacial score (nSPS) is 32.8. The number of carbonyl (C=O) groups excluding carboxylic acids is 1. The minimum absolute atomic E-state index is 0.0779. The minimum atomic E-state index is -1.07. The van der Waals surface area contributed by atoms with Crippen molar-refractivity contribution in [2.24, 2.45) is 17.8 Å². The predicted octanol–water partition coefficient (Wildman–Crippen LogP) is 4.76. The van der Waals surface area contributed by atoms with E-state index in [1.165, 1.54) is 12.8 Å². The van der Waals surface area contributed by atoms with Crippen molar-refractivity contribution in [2.45, 2.75) is 69.2 Å². The van der Waals surface area contributed by atoms with Gasteiger partial charge in [0.15, 0.2) is 10.1 Å². The largest absolute Gasteiger partial charge is 0.379 e. The van der Waals surface area contributed by atoms with Crippen LogP contribution in [0.5, 0.6) is 0 Å². The average molecular weight is 321 g/mol. The Bertz CT molecular complexity index is 343. The molecule has 0 bridgehead atoms. The highest BCUT2D eigenvalue weighted by atomic mass is 35.5. The summed E-state index contributed by atoms with van der Waals surface area (Å²) in [5.74, 6) is 0.966. The second kappa shape index (κ2) is 6.98. The third-order valence-electron chi connectivity index (χ3n) is 5.10. The summed E-state index contributed by atoms with van der Waals surface area (Å²) in [6.07, 6.45) is 8.26. The van der Waals surface area contributed by atoms with Crippen LogP contribution < -0.4 is 0 Å². The summed E-state index contributed by atoms with van der Waals surface area (Å²) in [5, 5.41) is 0. The highest BCUT2D eigenvalue weighted by molar-refractivity contribution is 6.60. The molecule has 2 rings (SSSR count). The number of hydrogen-bond acceptors (Lipinski definition) is 2. The molecule has 0 aromatic heterocycles. The molecule has 0 aliphatic heterocycles. The number of halogens is 2. The van der Waals surface area contributed by atoms with Crippen molar-refractivity contribution in [1.29, 1.82) is 0 Å². The second-order valence-corrected chi connectivity index (χ2v) is 7.61. The van der Waals surface area contributed by atoms with Crippen LogP contribution in [-0.2, 0) is 9.53 Å². The Labute approximate surface area is 132 Å². The number of hydrogen-bond donors (Lipinski definition) is 0. The molecule has 0 amide bonds. The average Bonchev–Trinajstić information content (AvgIpc) is 2.83. The molecule has 0 N–H and O–H groups in total. The zero-order valence-corrected chi connectivity index (χ0v) is 14.1. The third-order valence-corrected chi connectivity index (χ3v) is 6.03. The molecule has 4 unspecified atom stereocenters. The van der Waals surface area contributed by atoms with Gasteiger partial charge in [0, 0.05) is 18.4 Å². The summed E-state index contributed by atoms with van der Waals surface area (Å²) >= 11 is 12.2. The molecular formula is C16H26Cl2O2. The van der Waals surface area contributed by atoms with E-state index < -0.39 is 4.33 Å². The number of carbonyl (C=O) groups is 1. The Balaban J connectivity index is 1.68. The van der Waals surface area contributed by atoms with Gasteiger partial charge in [-0.15, -0.1) is 0 Å². The van der Waals surface area contributed by atoms with Crippen molar-refractivity contribution in [2.75, 3.05) is 6.61 Å². The van der Waals surface area contributed by atoms with Crippen LogP contribution in [-0.4, -0.2) is 22.8 Å². The van der Waals surface area contributed by atoms with Crippen LogP contribution >= 0.6 is 23.2 Å². The molecule has 0 saturated heterocycles. The van der Waals surface area contributed by atoms with Gasteiger partial charge in [0.1, 0.15) is 0 Å². The van der Waals surface area contributed by atoms with Crippen molar-refractivity contribution in [1.82, 2.24) is 0 Å². The molecule has 2 aliphatic rings. The lowest BCUT2D eigenvalue weighted by atomic mass is 9.69. The van der Waals surface area contributed by atoms with Gasteiger partial charge in [0.2, 0.25) is 0 Å². The standard InChI is InChI=1S/C16H26Cl2O2/c1-3-12(20-4-2)8-6-5-7-11-9-10-13-14(11)15(19)16(13,17)18/h11-14H,3-10H2,1-2H3. The van der Waals surface area contributed by atoms with Crippen LogP contribution in [0.25, 0.3) is 0 Å². The molecule has 116 valence electrons. The van der Waals surface area contributed by atoms with Crippen molar-refractivity contribution in [3.63, 3.8) is 0 Å². The highest BCUT2D eigenvalue weighted by Gasteiger charge is 2.64. The van der Waals surface area contributed by atoms with Crippen LogP contribution in [0.3, 0.4) is 0 Å². The van der Waals surface area contributed by atoms with Crippen molar-refractivity contribution in [3.8, 4) is 0 Å². The van der Waals surface area contributed by atoms with Gasteiger partial charge < -0.3 is 4.74 Å². The summed E-state index contributed by atoms with van der Waals surface area (Å²) < 4.78 is 4.60. The Morgan fingerprint density at radius 2 is 2.05 bits per heavy atom. The fourth-order valence-corrected chi connectivity index (χ4v) is 4.68. The van der Waals surface area contributed by atoms with Gasteiger partial charge in [-0.2, -0.15) is 0 Å². The van der Waals surface area contributed by atoms with Gasteiger partial charge in [-0.1, -0.05) is 43.0 Å². The van der Waals surface area contributed by atoms with E-state index in [1.54, 1.807) is 0 Å². The van der Waals surface area contributed by atoms with Gasteiger partial charge in [0.05, 0.1) is 6.10 Å². The first kappa shape index (κ1) is 16.6. The maximum absolute atomic E-state index is 12.0. The second-order valence-electron chi connectivity index (χ2n) is 6.23. The molecule has 2 aliphatic carbocycles. The maximum atomic E-state index is 12.0. The smallest absolute Gasteiger partial charge is 0.179 e. The number of ether oxygens (including phenoxy) is 1. The Kier molecular flexibility index (Phi) is 5.79. The fraction of sp³-hybridized carbons (Fsp3) is 0.938. The summed E-state index contributed by atoms with van der Waals surface area (Å²) in [7, 11) is 0. The van der Waals surface area contributed by atoms with Gasteiger partial charge >= 0.3 is 0 Å². The quantitative estimate of drug-likeness (QED) is 0.476. The number of rotatable bonds is 8. The zero-order chi connectivity index (χ0) is 14.8. The molecule has 2 saturated carbocycles. The van der Waals surface area contributed by atoms with Crippen molar-refractivity contribution < 1.29 is 9.53 Å². The fourth-order valence-electron chi connectivity index (χ4n) is 3.94. The SMILES string of the molecule is CCOC(CC)CCCCC1CCC2C1C(=O)C2(Cl)Cl. The lowest BCUT2D eigenvalue weighted by molar-refractivity contribution is -0.135. The van der Waals surface area contributed by atoms with Gasteiger partial charge in [-0.3, -0.25) is 4.79 Å². The molecule has 0 spiro atoms. The number of ketones is 1. The predicted molar refractivity (Wildman–Crippen MR) is 83.3 cm³/mol. The first-order chi connectivity index (χ1) is 9.52. The topological polar surface area (TPSA) is 26.3 Å². The molecule has 0 heterocycles. The molecule has 0 radical (unpaired) electrons. The van der Waals surface area contributed by atoms with Crippen LogP contribution in [0.4, 0.5) is 0 Å². The number of unbranched alkanes of at least 4 members (excludes halogenated alkanes) is 1. The van der Waals surface area contributed by atoms with E-state index in [4.69, 9.17) is 27.9 Å². The molecule has 2 fully saturated rings. The van der Waals surface area contributed by atoms with Crippen molar-refractivity contribution in [3.05, 3.63) is 0 Å². The number of alkyl halides is 2. The van der Waals surface area contributed by atoms with Gasteiger partial charge in [0.25, 0.3) is 0 Å². The molecule has 4 heteroatoms. The highest BCUT2D eigenvalue weighted by Crippen LogP contribution is 2.59. The number of fused-ring (bicyclic) bond motifs is 1.